The molecule has 1 saturated heterocycles. The molecule has 1 nitrogen and oxygen atoms in total. The first-order chi connectivity index (χ1) is 17.2. The number of hydrogen-bond donors (Lipinski definition) is 0. The molecule has 0 aromatic heterocycles. The van der Waals surface area contributed by atoms with E-state index in [-0.39, 0.29) is 6.10 Å². The van der Waals surface area contributed by atoms with E-state index in [9.17, 15) is 0 Å². The summed E-state index contributed by atoms with van der Waals surface area (Å²) in [4.78, 5) is 0. The van der Waals surface area contributed by atoms with Crippen LogP contribution >= 0.6 is 6.83 Å². The topological polar surface area (TPSA) is 9.23 Å². The van der Waals surface area contributed by atoms with Crippen molar-refractivity contribution in [1.82, 2.24) is 0 Å². The number of rotatable bonds is 1. The van der Waals surface area contributed by atoms with E-state index in [1.165, 1.54) is 38.9 Å². The molecule has 2 atom stereocenters. The standard InChI is InChI=1S/C33H34OP.Sb/c1-22-13-16-30(19-25(22)4)35(31-17-14-23(2)26(5)20-31,32-18-15-24(3)27(6)21-32)28(7)33(34-35)29-11-9-8-10-12-29;/h8-15,19-21,28,33H,1-7H3;/t28-,33-;/m1./s1. The summed E-state index contributed by atoms with van der Waals surface area (Å²) in [6.07, 6.45) is 0.115. The summed E-state index contributed by atoms with van der Waals surface area (Å²) in [6.45, 7) is 13.1. The molecular formula is C33H34OPSb. The summed E-state index contributed by atoms with van der Waals surface area (Å²) in [5.74, 6) is 0. The van der Waals surface area contributed by atoms with E-state index in [2.05, 4.69) is 115 Å². The minimum absolute atomic E-state index is 0.115. The van der Waals surface area contributed by atoms with E-state index in [0.29, 0.717) is 5.66 Å². The van der Waals surface area contributed by atoms with Gasteiger partial charge >= 0.3 is 224 Å². The van der Waals surface area contributed by atoms with Gasteiger partial charge in [-0.3, -0.25) is 0 Å². The molecule has 182 valence electrons. The second-order valence-electron chi connectivity index (χ2n) is 11.4. The molecule has 4 aromatic rings. The first kappa shape index (κ1) is 23.2. The zero-order chi connectivity index (χ0) is 25.2. The molecule has 0 unspecified atom stereocenters. The Hall–Kier alpha value is -1.91. The number of benzene rings is 4. The molecule has 0 radical (unpaired) electrons. The second kappa shape index (κ2) is 7.35. The van der Waals surface area contributed by atoms with Crippen LogP contribution in [0, 0.1) is 41.5 Å². The van der Waals surface area contributed by atoms with E-state index >= 15 is 0 Å². The Bertz CT molecular complexity index is 1470. The van der Waals surface area contributed by atoms with Gasteiger partial charge in [-0.1, -0.05) is 0 Å². The van der Waals surface area contributed by atoms with Gasteiger partial charge in [0.1, 0.15) is 0 Å². The molecule has 4 heterocycles. The van der Waals surface area contributed by atoms with Crippen LogP contribution in [0.15, 0.2) is 66.7 Å². The van der Waals surface area contributed by atoms with Gasteiger partial charge in [0.25, 0.3) is 0 Å². The van der Waals surface area contributed by atoms with Gasteiger partial charge in [-0.15, -0.1) is 0 Å². The average Bonchev–Trinajstić information content (AvgIpc) is 2.86. The molecule has 36 heavy (non-hydrogen) atoms. The predicted molar refractivity (Wildman–Crippen MR) is 158 cm³/mol. The molecule has 0 saturated carbocycles. The van der Waals surface area contributed by atoms with Gasteiger partial charge in [0.2, 0.25) is 0 Å². The van der Waals surface area contributed by atoms with Crippen molar-refractivity contribution in [3.8, 4) is 0 Å². The Labute approximate surface area is 222 Å². The second-order valence-corrected chi connectivity index (χ2v) is 22.1. The van der Waals surface area contributed by atoms with Crippen molar-refractivity contribution in [2.24, 2.45) is 0 Å². The zero-order valence-corrected chi connectivity index (χ0v) is 25.8. The summed E-state index contributed by atoms with van der Waals surface area (Å²) in [5.41, 5.74) is 10.2. The quantitative estimate of drug-likeness (QED) is 0.230. The Morgan fingerprint density at radius 2 is 0.972 bits per heavy atom. The molecule has 0 aliphatic carbocycles. The van der Waals surface area contributed by atoms with Crippen LogP contribution in [0.25, 0.3) is 0 Å². The van der Waals surface area contributed by atoms with Crippen LogP contribution in [-0.4, -0.2) is 25.9 Å². The summed E-state index contributed by atoms with van der Waals surface area (Å²) >= 11 is -2.22. The molecule has 0 N–H and O–H groups in total. The van der Waals surface area contributed by atoms with E-state index in [1.54, 1.807) is 26.4 Å². The van der Waals surface area contributed by atoms with Crippen molar-refractivity contribution in [1.29, 1.82) is 0 Å². The molecule has 8 rings (SSSR count). The summed E-state index contributed by atoms with van der Waals surface area (Å²) in [5, 5.41) is 4.75. The molecule has 1 fully saturated rings. The molecule has 4 aromatic carbocycles. The van der Waals surface area contributed by atoms with Crippen LogP contribution in [0.4, 0.5) is 0 Å². The van der Waals surface area contributed by atoms with Crippen molar-refractivity contribution >= 4 is 53.5 Å². The molecule has 1 spiro atoms. The molecule has 2 bridgehead atoms. The van der Waals surface area contributed by atoms with Crippen LogP contribution < -0.4 is 26.4 Å². The normalized spacial score (nSPS) is 23.2. The Balaban J connectivity index is 1.67. The van der Waals surface area contributed by atoms with Crippen LogP contribution in [0.2, 0.25) is 0 Å². The third-order valence-corrected chi connectivity index (χ3v) is 24.9. The monoisotopic (exact) mass is 598 g/mol. The van der Waals surface area contributed by atoms with Gasteiger partial charge in [-0.05, 0) is 0 Å². The zero-order valence-electron chi connectivity index (χ0n) is 22.3. The van der Waals surface area contributed by atoms with Gasteiger partial charge < -0.3 is 0 Å². The molecule has 3 heteroatoms. The van der Waals surface area contributed by atoms with Gasteiger partial charge in [0.05, 0.1) is 0 Å². The van der Waals surface area contributed by atoms with Crippen molar-refractivity contribution in [3.05, 3.63) is 106 Å². The van der Waals surface area contributed by atoms with Crippen LogP contribution in [0.1, 0.15) is 52.0 Å². The van der Waals surface area contributed by atoms with E-state index in [0.717, 1.165) is 0 Å². The SMILES string of the molecule is Cc1c[c]2c(cc1C)P13(O[C@@H](c4ccccc4)[C@H]1C)c1cc(C)c(C)c[c]1[Sb]2[c]1cc(C)c(C)cc13. The Kier molecular flexibility index (Phi) is 4.74. The Morgan fingerprint density at radius 1 is 0.583 bits per heavy atom. The molecule has 0 amide bonds. The Morgan fingerprint density at radius 3 is 1.36 bits per heavy atom. The van der Waals surface area contributed by atoms with Crippen LogP contribution in [-0.2, 0) is 4.52 Å². The van der Waals surface area contributed by atoms with Gasteiger partial charge in [-0.2, -0.15) is 0 Å². The van der Waals surface area contributed by atoms with Gasteiger partial charge in [-0.25, -0.2) is 0 Å². The summed E-state index contributed by atoms with van der Waals surface area (Å²) in [7, 11) is 0. The van der Waals surface area contributed by atoms with Crippen molar-refractivity contribution in [2.45, 2.75) is 60.2 Å². The minimum atomic E-state index is -3.14. The van der Waals surface area contributed by atoms with Gasteiger partial charge in [0, 0.05) is 0 Å². The fourth-order valence-corrected chi connectivity index (χ4v) is 28.7. The van der Waals surface area contributed by atoms with Crippen molar-refractivity contribution in [2.75, 3.05) is 0 Å². The maximum atomic E-state index is 7.76. The van der Waals surface area contributed by atoms with E-state index in [4.69, 9.17) is 4.52 Å². The van der Waals surface area contributed by atoms with Gasteiger partial charge in [0.15, 0.2) is 0 Å². The third-order valence-electron chi connectivity index (χ3n) is 9.61. The average molecular weight is 599 g/mol. The predicted octanol–water partition coefficient (Wildman–Crippen LogP) is 4.58. The fraction of sp³-hybridized carbons (Fsp3) is 0.273. The molecule has 4 aliphatic rings. The molecule has 4 aliphatic heterocycles. The van der Waals surface area contributed by atoms with E-state index < -0.39 is 27.0 Å². The summed E-state index contributed by atoms with van der Waals surface area (Å²) < 4.78 is 12.8. The number of aryl methyl sites for hydroxylation is 6. The van der Waals surface area contributed by atoms with E-state index in [1.807, 2.05) is 0 Å². The van der Waals surface area contributed by atoms with Crippen molar-refractivity contribution in [3.63, 3.8) is 0 Å². The summed E-state index contributed by atoms with van der Waals surface area (Å²) in [6, 6.07) is 26.4. The fourth-order valence-electron chi connectivity index (χ4n) is 7.17. The van der Waals surface area contributed by atoms with Crippen molar-refractivity contribution < 1.29 is 4.52 Å². The number of hydrogen-bond acceptors (Lipinski definition) is 1. The first-order valence-corrected chi connectivity index (χ1v) is 19.1. The maximum absolute atomic E-state index is 7.76. The molecular weight excluding hydrogens is 565 g/mol. The first-order valence-electron chi connectivity index (χ1n) is 13.1. The third kappa shape index (κ3) is 2.47. The van der Waals surface area contributed by atoms with Crippen LogP contribution in [0.3, 0.4) is 0 Å². The van der Waals surface area contributed by atoms with Crippen LogP contribution in [0.5, 0.6) is 0 Å².